The molecule has 106 valence electrons. The van der Waals surface area contributed by atoms with Crippen LogP contribution in [0.2, 0.25) is 0 Å². The van der Waals surface area contributed by atoms with E-state index in [0.717, 1.165) is 18.4 Å². The molecule has 0 aliphatic carbocycles. The molecule has 0 atom stereocenters. The van der Waals surface area contributed by atoms with Crippen LogP contribution in [-0.4, -0.2) is 25.8 Å². The zero-order valence-corrected chi connectivity index (χ0v) is 13.4. The van der Waals surface area contributed by atoms with Crippen LogP contribution in [0.4, 0.5) is 0 Å². The van der Waals surface area contributed by atoms with Gasteiger partial charge in [0.2, 0.25) is 10.0 Å². The van der Waals surface area contributed by atoms with Gasteiger partial charge in [0.1, 0.15) is 0 Å². The molecule has 0 radical (unpaired) electrons. The normalized spacial score (nSPS) is 18.7. The molecule has 1 heterocycles. The predicted molar refractivity (Wildman–Crippen MR) is 79.2 cm³/mol. The fraction of sp³-hybridized carbons (Fsp3) is 0.538. The van der Waals surface area contributed by atoms with Gasteiger partial charge in [-0.15, -0.1) is 0 Å². The molecule has 2 rings (SSSR count). The van der Waals surface area contributed by atoms with Gasteiger partial charge in [0, 0.05) is 24.1 Å². The van der Waals surface area contributed by atoms with Gasteiger partial charge in [0.05, 0.1) is 4.90 Å². The van der Waals surface area contributed by atoms with Crippen LogP contribution in [0.5, 0.6) is 0 Å². The molecule has 1 aromatic rings. The van der Waals surface area contributed by atoms with Crippen molar-refractivity contribution < 1.29 is 8.42 Å². The molecule has 4 nitrogen and oxygen atoms in total. The summed E-state index contributed by atoms with van der Waals surface area (Å²) in [5.74, 6) is 0.606. The number of nitrogens with two attached hydrogens (primary N) is 1. The average molecular weight is 347 g/mol. The van der Waals surface area contributed by atoms with E-state index in [1.54, 1.807) is 22.5 Å². The van der Waals surface area contributed by atoms with Gasteiger partial charge in [-0.25, -0.2) is 8.42 Å². The maximum absolute atomic E-state index is 12.6. The predicted octanol–water partition coefficient (Wildman–Crippen LogP) is 2.33. The summed E-state index contributed by atoms with van der Waals surface area (Å²) in [7, 11) is -3.40. The lowest BCUT2D eigenvalue weighted by molar-refractivity contribution is 0.288. The summed E-state index contributed by atoms with van der Waals surface area (Å²) in [6.45, 7) is 3.78. The number of hydrogen-bond donors (Lipinski definition) is 1. The Morgan fingerprint density at radius 3 is 2.53 bits per heavy atom. The van der Waals surface area contributed by atoms with E-state index < -0.39 is 10.0 Å². The summed E-state index contributed by atoms with van der Waals surface area (Å²) in [6.07, 6.45) is 1.86. The molecule has 1 aliphatic rings. The molecule has 19 heavy (non-hydrogen) atoms. The van der Waals surface area contributed by atoms with Crippen molar-refractivity contribution in [3.05, 3.63) is 28.2 Å². The van der Waals surface area contributed by atoms with Gasteiger partial charge in [-0.05, 0) is 52.4 Å². The molecule has 2 N–H and O–H groups in total. The van der Waals surface area contributed by atoms with Gasteiger partial charge >= 0.3 is 0 Å². The molecule has 1 aliphatic heterocycles. The number of piperidine rings is 1. The lowest BCUT2D eigenvalue weighted by Gasteiger charge is -2.29. The molecule has 0 spiro atoms. The number of rotatable bonds is 3. The van der Waals surface area contributed by atoms with Crippen LogP contribution in [-0.2, 0) is 16.6 Å². The lowest BCUT2D eigenvalue weighted by atomic mass is 10.0. The highest BCUT2D eigenvalue weighted by Crippen LogP contribution is 2.29. The SMILES string of the molecule is CC1CCN(S(=O)(=O)c2ccc(CN)cc2Br)CC1. The highest BCUT2D eigenvalue weighted by molar-refractivity contribution is 9.10. The first-order valence-corrected chi connectivity index (χ1v) is 8.67. The van der Waals surface area contributed by atoms with Crippen LogP contribution < -0.4 is 5.73 Å². The molecular formula is C13H19BrN2O2S. The fourth-order valence-corrected chi connectivity index (χ4v) is 4.80. The van der Waals surface area contributed by atoms with Crippen molar-refractivity contribution >= 4 is 26.0 Å². The Morgan fingerprint density at radius 2 is 2.00 bits per heavy atom. The molecule has 0 bridgehead atoms. The number of benzene rings is 1. The Labute approximate surface area is 123 Å². The van der Waals surface area contributed by atoms with Crippen LogP contribution in [0, 0.1) is 5.92 Å². The van der Waals surface area contributed by atoms with Crippen LogP contribution in [0.15, 0.2) is 27.6 Å². The second-order valence-corrected chi connectivity index (χ2v) is 7.82. The van der Waals surface area contributed by atoms with Crippen molar-refractivity contribution in [2.75, 3.05) is 13.1 Å². The second-order valence-electron chi connectivity index (χ2n) is 5.06. The summed E-state index contributed by atoms with van der Waals surface area (Å²) >= 11 is 3.34. The first-order valence-electron chi connectivity index (χ1n) is 6.44. The van der Waals surface area contributed by atoms with Crippen molar-refractivity contribution in [3.63, 3.8) is 0 Å². The van der Waals surface area contributed by atoms with Gasteiger partial charge in [-0.2, -0.15) is 4.31 Å². The van der Waals surface area contributed by atoms with Crippen molar-refractivity contribution in [2.24, 2.45) is 11.7 Å². The third kappa shape index (κ3) is 3.18. The largest absolute Gasteiger partial charge is 0.326 e. The summed E-state index contributed by atoms with van der Waals surface area (Å²) in [4.78, 5) is 0.333. The average Bonchev–Trinajstić information content (AvgIpc) is 2.38. The van der Waals surface area contributed by atoms with Crippen LogP contribution in [0.1, 0.15) is 25.3 Å². The Hall–Kier alpha value is -0.430. The highest BCUT2D eigenvalue weighted by atomic mass is 79.9. The number of hydrogen-bond acceptors (Lipinski definition) is 3. The molecule has 1 aromatic carbocycles. The smallest absolute Gasteiger partial charge is 0.244 e. The van der Waals surface area contributed by atoms with Gasteiger partial charge in [-0.3, -0.25) is 0 Å². The molecule has 1 fully saturated rings. The monoisotopic (exact) mass is 346 g/mol. The Bertz CT molecular complexity index is 552. The van der Waals surface area contributed by atoms with E-state index >= 15 is 0 Å². The zero-order valence-electron chi connectivity index (χ0n) is 11.0. The topological polar surface area (TPSA) is 63.4 Å². The van der Waals surface area contributed by atoms with Crippen LogP contribution >= 0.6 is 15.9 Å². The van der Waals surface area contributed by atoms with Crippen molar-refractivity contribution in [2.45, 2.75) is 31.2 Å². The summed E-state index contributed by atoms with van der Waals surface area (Å²) in [6, 6.07) is 5.18. The number of sulfonamides is 1. The van der Waals surface area contributed by atoms with E-state index in [-0.39, 0.29) is 0 Å². The van der Waals surface area contributed by atoms with Crippen molar-refractivity contribution in [1.82, 2.24) is 4.31 Å². The van der Waals surface area contributed by atoms with Crippen LogP contribution in [0.3, 0.4) is 0 Å². The van der Waals surface area contributed by atoms with Gasteiger partial charge in [0.15, 0.2) is 0 Å². The molecule has 0 unspecified atom stereocenters. The van der Waals surface area contributed by atoms with E-state index in [1.807, 2.05) is 0 Å². The van der Waals surface area contributed by atoms with E-state index in [2.05, 4.69) is 22.9 Å². The number of halogens is 1. The third-order valence-corrected chi connectivity index (χ3v) is 6.47. The van der Waals surface area contributed by atoms with E-state index in [9.17, 15) is 8.42 Å². The first-order chi connectivity index (χ1) is 8.95. The van der Waals surface area contributed by atoms with Gasteiger partial charge < -0.3 is 5.73 Å². The second kappa shape index (κ2) is 5.91. The number of nitrogens with zero attached hydrogens (tertiary/aromatic N) is 1. The minimum atomic E-state index is -3.40. The van der Waals surface area contributed by atoms with Gasteiger partial charge in [0.25, 0.3) is 0 Å². The molecule has 0 saturated carbocycles. The Morgan fingerprint density at radius 1 is 1.37 bits per heavy atom. The van der Waals surface area contributed by atoms with E-state index in [0.29, 0.717) is 34.9 Å². The molecule has 0 aromatic heterocycles. The summed E-state index contributed by atoms with van der Waals surface area (Å²) < 4.78 is 27.3. The minimum Gasteiger partial charge on any atom is -0.326 e. The summed E-state index contributed by atoms with van der Waals surface area (Å²) in [5, 5.41) is 0. The van der Waals surface area contributed by atoms with Crippen molar-refractivity contribution in [1.29, 1.82) is 0 Å². The maximum Gasteiger partial charge on any atom is 0.244 e. The molecule has 6 heteroatoms. The molecular weight excluding hydrogens is 328 g/mol. The fourth-order valence-electron chi connectivity index (χ4n) is 2.24. The maximum atomic E-state index is 12.6. The van der Waals surface area contributed by atoms with E-state index in [4.69, 9.17) is 5.73 Å². The molecule has 0 amide bonds. The minimum absolute atomic E-state index is 0.333. The third-order valence-electron chi connectivity index (χ3n) is 3.59. The van der Waals surface area contributed by atoms with Crippen LogP contribution in [0.25, 0.3) is 0 Å². The highest BCUT2D eigenvalue weighted by Gasteiger charge is 2.29. The standard InChI is InChI=1S/C13H19BrN2O2S/c1-10-4-6-16(7-5-10)19(17,18)13-3-2-11(9-15)8-12(13)14/h2-3,8,10H,4-7,9,15H2,1H3. The van der Waals surface area contributed by atoms with Crippen molar-refractivity contribution in [3.8, 4) is 0 Å². The Kier molecular flexibility index (Phi) is 4.66. The summed E-state index contributed by atoms with van der Waals surface area (Å²) in [5.41, 5.74) is 6.47. The van der Waals surface area contributed by atoms with E-state index in [1.165, 1.54) is 0 Å². The molecule has 1 saturated heterocycles. The quantitative estimate of drug-likeness (QED) is 0.913. The van der Waals surface area contributed by atoms with Gasteiger partial charge in [-0.1, -0.05) is 13.0 Å². The zero-order chi connectivity index (χ0) is 14.0. The Balaban J connectivity index is 2.29. The lowest BCUT2D eigenvalue weighted by Crippen LogP contribution is -2.38. The first kappa shape index (κ1) is 15.0.